The number of benzene rings is 1. The van der Waals surface area contributed by atoms with E-state index in [2.05, 4.69) is 98.6 Å². The summed E-state index contributed by atoms with van der Waals surface area (Å²) in [4.78, 5) is 0. The molecule has 0 saturated heterocycles. The van der Waals surface area contributed by atoms with E-state index in [4.69, 9.17) is 0 Å². The van der Waals surface area contributed by atoms with Gasteiger partial charge in [0.25, 0.3) is 0 Å². The second-order valence-electron chi connectivity index (χ2n) is 10.3. The molecule has 1 nitrogen and oxygen atoms in total. The first-order chi connectivity index (χ1) is 12.1. The van der Waals surface area contributed by atoms with Crippen LogP contribution >= 0.6 is 24.8 Å². The Morgan fingerprint density at radius 1 is 0.867 bits per heavy atom. The second-order valence-corrected chi connectivity index (χ2v) is 16.5. The first kappa shape index (κ1) is 37.5. The molecule has 1 aliphatic rings. The van der Waals surface area contributed by atoms with Crippen LogP contribution in [0.15, 0.2) is 35.5 Å². The average molecular weight is 524 g/mol. The molecule has 6 heteroatoms. The van der Waals surface area contributed by atoms with Crippen molar-refractivity contribution in [3.63, 3.8) is 0 Å². The van der Waals surface area contributed by atoms with Gasteiger partial charge in [-0.05, 0) is 34.1 Å². The second kappa shape index (κ2) is 15.9. The summed E-state index contributed by atoms with van der Waals surface area (Å²) < 4.78 is 0. The Bertz CT molecular complexity index is 620. The molecule has 0 spiro atoms. The molecule has 30 heavy (non-hydrogen) atoms. The van der Waals surface area contributed by atoms with Crippen molar-refractivity contribution >= 4 is 42.4 Å². The minimum absolute atomic E-state index is 0. The van der Waals surface area contributed by atoms with E-state index in [9.17, 15) is 5.11 Å². The average Bonchev–Trinajstić information content (AvgIpc) is 3.00. The third-order valence-electron chi connectivity index (χ3n) is 4.15. The molecule has 1 N–H and O–H groups in total. The van der Waals surface area contributed by atoms with Gasteiger partial charge in [0.15, 0.2) is 0 Å². The van der Waals surface area contributed by atoms with Crippen molar-refractivity contribution < 1.29 is 26.8 Å². The molecule has 0 amide bonds. The van der Waals surface area contributed by atoms with Crippen LogP contribution in [0.1, 0.15) is 59.1 Å². The molecule has 0 fully saturated rings. The van der Waals surface area contributed by atoms with E-state index in [0.717, 1.165) is 15.9 Å². The third kappa shape index (κ3) is 15.1. The molecule has 0 atom stereocenters. The summed E-state index contributed by atoms with van der Waals surface area (Å²) in [6, 6.07) is 5.91. The van der Waals surface area contributed by atoms with E-state index in [1.54, 1.807) is 0 Å². The van der Waals surface area contributed by atoms with Crippen LogP contribution in [-0.4, -0.2) is 22.7 Å². The van der Waals surface area contributed by atoms with Crippen LogP contribution < -0.4 is 0 Å². The van der Waals surface area contributed by atoms with Crippen molar-refractivity contribution in [3.05, 3.63) is 52.8 Å². The molecule has 0 bridgehead atoms. The number of phenols is 1. The van der Waals surface area contributed by atoms with Gasteiger partial charge in [0.1, 0.15) is 5.75 Å². The fraction of sp³-hybridized carbons (Fsp3) is 0.583. The standard InChI is InChI=1S/C14H22O.C8H13Si.C2H7Si.2ClH.Ti/c1-13(2,3)10-7-11(14(4,5)6)9-12(15)8-10;1-9(2,3)8-6-4-5-7-8;1-3-2;;;/h7-9,15H,1-6H3;4,6H,5H2,1-3H3;3H,1-2H3;2*1H;/q;-1;;;;. The van der Waals surface area contributed by atoms with Gasteiger partial charge >= 0.3 is 0 Å². The Balaban J connectivity index is -0.000000195. The summed E-state index contributed by atoms with van der Waals surface area (Å²) in [5.41, 5.74) is 2.54. The maximum absolute atomic E-state index is 9.72. The van der Waals surface area contributed by atoms with Crippen LogP contribution in [0.25, 0.3) is 0 Å². The van der Waals surface area contributed by atoms with Crippen molar-refractivity contribution in [3.8, 4) is 5.75 Å². The fourth-order valence-corrected chi connectivity index (χ4v) is 3.65. The van der Waals surface area contributed by atoms with E-state index in [0.29, 0.717) is 5.75 Å². The summed E-state index contributed by atoms with van der Waals surface area (Å²) in [6.45, 7) is 24.4. The number of aromatic hydroxyl groups is 1. The number of phenolic OH excluding ortho intramolecular Hbond substituents is 1. The van der Waals surface area contributed by atoms with E-state index in [1.807, 2.05) is 12.1 Å². The zero-order valence-electron chi connectivity index (χ0n) is 20.9. The predicted molar refractivity (Wildman–Crippen MR) is 143 cm³/mol. The molecule has 1 aromatic carbocycles. The molecule has 0 aromatic heterocycles. The number of allylic oxidation sites excluding steroid dienone is 4. The molecular formula is C24H44Cl2OSi2Ti-. The maximum Gasteiger partial charge on any atom is 0.116 e. The van der Waals surface area contributed by atoms with Gasteiger partial charge in [0, 0.05) is 39.3 Å². The van der Waals surface area contributed by atoms with Crippen molar-refractivity contribution in [1.29, 1.82) is 0 Å². The van der Waals surface area contributed by atoms with Gasteiger partial charge in [-0.25, -0.2) is 11.3 Å². The van der Waals surface area contributed by atoms with Gasteiger partial charge in [0.2, 0.25) is 0 Å². The zero-order chi connectivity index (χ0) is 21.5. The van der Waals surface area contributed by atoms with Gasteiger partial charge in [-0.15, -0.1) is 31.2 Å². The van der Waals surface area contributed by atoms with Crippen LogP contribution in [0.4, 0.5) is 0 Å². The predicted octanol–water partition coefficient (Wildman–Crippen LogP) is 7.90. The molecule has 0 unspecified atom stereocenters. The normalized spacial score (nSPS) is 12.6. The van der Waals surface area contributed by atoms with Crippen LogP contribution in [0.5, 0.6) is 5.75 Å². The molecule has 1 aliphatic carbocycles. The molecule has 2 rings (SSSR count). The maximum atomic E-state index is 9.72. The summed E-state index contributed by atoms with van der Waals surface area (Å²) in [7, 11) is -0.255. The largest absolute Gasteiger partial charge is 0.508 e. The number of rotatable bonds is 1. The Morgan fingerprint density at radius 3 is 1.43 bits per heavy atom. The SMILES string of the molecule is CC(C)(C)c1cc(O)cc(C(C)(C)C)c1.C[SiH]C.C[Si](C)(C)C1=[C-]CC=C1.Cl.Cl.[Ti]. The molecule has 173 valence electrons. The first-order valence-corrected chi connectivity index (χ1v) is 15.8. The summed E-state index contributed by atoms with van der Waals surface area (Å²) >= 11 is 0. The van der Waals surface area contributed by atoms with E-state index < -0.39 is 8.07 Å². The molecule has 0 aliphatic heterocycles. The van der Waals surface area contributed by atoms with Crippen molar-refractivity contribution in [1.82, 2.24) is 0 Å². The van der Waals surface area contributed by atoms with Gasteiger partial charge in [-0.2, -0.15) is 6.08 Å². The van der Waals surface area contributed by atoms with Crippen molar-refractivity contribution in [2.75, 3.05) is 0 Å². The number of hydrogen-bond donors (Lipinski definition) is 1. The number of halogens is 2. The quantitative estimate of drug-likeness (QED) is 0.293. The van der Waals surface area contributed by atoms with Crippen molar-refractivity contribution in [2.24, 2.45) is 0 Å². The zero-order valence-corrected chi connectivity index (χ0v) is 26.3. The van der Waals surface area contributed by atoms with Crippen LogP contribution in [-0.2, 0) is 32.5 Å². The summed E-state index contributed by atoms with van der Waals surface area (Å²) in [5, 5.41) is 11.2. The Morgan fingerprint density at radius 2 is 1.23 bits per heavy atom. The molecule has 1 aromatic rings. The monoisotopic (exact) mass is 522 g/mol. The van der Waals surface area contributed by atoms with Crippen molar-refractivity contribution in [2.45, 2.75) is 91.5 Å². The van der Waals surface area contributed by atoms with Crippen LogP contribution in [0.3, 0.4) is 0 Å². The number of hydrogen-bond acceptors (Lipinski definition) is 1. The topological polar surface area (TPSA) is 20.2 Å². The minimum Gasteiger partial charge on any atom is -0.508 e. The smallest absolute Gasteiger partial charge is 0.116 e. The van der Waals surface area contributed by atoms with E-state index in [1.165, 1.54) is 16.3 Å². The Kier molecular flexibility index (Phi) is 19.9. The van der Waals surface area contributed by atoms with Crippen LogP contribution in [0.2, 0.25) is 32.7 Å². The first-order valence-electron chi connectivity index (χ1n) is 9.99. The molecule has 1 radical (unpaired) electrons. The molecule has 0 heterocycles. The van der Waals surface area contributed by atoms with E-state index in [-0.39, 0.29) is 57.4 Å². The summed E-state index contributed by atoms with van der Waals surface area (Å²) in [6.07, 6.45) is 8.82. The Labute approximate surface area is 218 Å². The van der Waals surface area contributed by atoms with Gasteiger partial charge < -0.3 is 5.11 Å². The summed E-state index contributed by atoms with van der Waals surface area (Å²) in [5.74, 6) is 0.368. The fourth-order valence-electron chi connectivity index (χ4n) is 2.40. The molecule has 0 saturated carbocycles. The van der Waals surface area contributed by atoms with Gasteiger partial charge in [0.05, 0.1) is 0 Å². The van der Waals surface area contributed by atoms with E-state index >= 15 is 0 Å². The Hall–Kier alpha value is 0.228. The molecular weight excluding hydrogens is 479 g/mol. The van der Waals surface area contributed by atoms with Gasteiger partial charge in [-0.3, -0.25) is 6.08 Å². The van der Waals surface area contributed by atoms with Gasteiger partial charge in [-0.1, -0.05) is 80.3 Å². The minimum atomic E-state index is -1.01. The third-order valence-corrected chi connectivity index (χ3v) is 6.11. The van der Waals surface area contributed by atoms with Crippen LogP contribution in [0, 0.1) is 6.08 Å².